The average Bonchev–Trinajstić information content (AvgIpc) is 3.36. The van der Waals surface area contributed by atoms with Gasteiger partial charge in [0.05, 0.1) is 11.9 Å². The Morgan fingerprint density at radius 3 is 2.24 bits per heavy atom. The topological polar surface area (TPSA) is 86.8 Å². The highest BCUT2D eigenvalue weighted by Gasteiger charge is 2.30. The maximum atomic E-state index is 13.6. The summed E-state index contributed by atoms with van der Waals surface area (Å²) in [4.78, 5) is 28.6. The van der Waals surface area contributed by atoms with E-state index >= 15 is 0 Å². The SMILES string of the molecule is CC[C@H](C(=O)NC1CCCC1)N(Cc1ccc(C)cc1)C(=O)CCCN(c1cc(C)ccc1C)S(C)(=O)=O. The highest BCUT2D eigenvalue weighted by molar-refractivity contribution is 7.92. The van der Waals surface area contributed by atoms with Crippen LogP contribution in [0.5, 0.6) is 0 Å². The first kappa shape index (κ1) is 29.7. The highest BCUT2D eigenvalue weighted by atomic mass is 32.2. The Morgan fingerprint density at radius 2 is 1.63 bits per heavy atom. The summed E-state index contributed by atoms with van der Waals surface area (Å²) in [5, 5.41) is 3.17. The summed E-state index contributed by atoms with van der Waals surface area (Å²) in [5.74, 6) is -0.249. The van der Waals surface area contributed by atoms with Crippen molar-refractivity contribution in [1.29, 1.82) is 0 Å². The molecule has 0 radical (unpaired) electrons. The van der Waals surface area contributed by atoms with Crippen molar-refractivity contribution in [2.75, 3.05) is 17.1 Å². The fourth-order valence-electron chi connectivity index (χ4n) is 5.15. The molecule has 8 heteroatoms. The zero-order valence-corrected chi connectivity index (χ0v) is 24.3. The molecular formula is C30H43N3O4S. The number of anilines is 1. The first-order valence-corrected chi connectivity index (χ1v) is 15.5. The largest absolute Gasteiger partial charge is 0.352 e. The van der Waals surface area contributed by atoms with Crippen LogP contribution in [0.2, 0.25) is 0 Å². The first-order chi connectivity index (χ1) is 18.0. The lowest BCUT2D eigenvalue weighted by Gasteiger charge is -2.32. The Bertz CT molecular complexity index is 1200. The van der Waals surface area contributed by atoms with Crippen LogP contribution in [0, 0.1) is 20.8 Å². The second-order valence-electron chi connectivity index (χ2n) is 10.6. The fourth-order valence-corrected chi connectivity index (χ4v) is 6.16. The summed E-state index contributed by atoms with van der Waals surface area (Å²) >= 11 is 0. The number of sulfonamides is 1. The number of carbonyl (C=O) groups is 2. The van der Waals surface area contributed by atoms with Gasteiger partial charge in [-0.1, -0.05) is 61.7 Å². The minimum absolute atomic E-state index is 0.104. The van der Waals surface area contributed by atoms with Crippen LogP contribution in [-0.2, 0) is 26.2 Å². The van der Waals surface area contributed by atoms with Crippen molar-refractivity contribution >= 4 is 27.5 Å². The van der Waals surface area contributed by atoms with Crippen molar-refractivity contribution < 1.29 is 18.0 Å². The number of benzene rings is 2. The Hall–Kier alpha value is -2.87. The highest BCUT2D eigenvalue weighted by Crippen LogP contribution is 2.25. The van der Waals surface area contributed by atoms with Gasteiger partial charge in [0.15, 0.2) is 0 Å². The second kappa shape index (κ2) is 13.3. The number of hydrogen-bond acceptors (Lipinski definition) is 4. The van der Waals surface area contributed by atoms with Crippen LogP contribution in [0.1, 0.15) is 74.1 Å². The van der Waals surface area contributed by atoms with E-state index in [-0.39, 0.29) is 30.8 Å². The third-order valence-corrected chi connectivity index (χ3v) is 8.53. The molecule has 0 spiro atoms. The summed E-state index contributed by atoms with van der Waals surface area (Å²) in [7, 11) is -3.53. The van der Waals surface area contributed by atoms with E-state index in [0.717, 1.165) is 47.9 Å². The summed E-state index contributed by atoms with van der Waals surface area (Å²) in [5.41, 5.74) is 4.56. The van der Waals surface area contributed by atoms with Crippen LogP contribution >= 0.6 is 0 Å². The molecule has 1 saturated carbocycles. The Kier molecular flexibility index (Phi) is 10.4. The van der Waals surface area contributed by atoms with Crippen LogP contribution in [0.25, 0.3) is 0 Å². The number of nitrogens with zero attached hydrogens (tertiary/aromatic N) is 2. The molecule has 0 unspecified atom stereocenters. The minimum atomic E-state index is -3.53. The van der Waals surface area contributed by atoms with E-state index in [0.29, 0.717) is 25.1 Å². The molecule has 0 heterocycles. The molecule has 0 aromatic heterocycles. The molecule has 3 rings (SSSR count). The van der Waals surface area contributed by atoms with Gasteiger partial charge in [0.2, 0.25) is 21.8 Å². The summed E-state index contributed by atoms with van der Waals surface area (Å²) < 4.78 is 26.7. The van der Waals surface area contributed by atoms with Crippen LogP contribution in [0.15, 0.2) is 42.5 Å². The monoisotopic (exact) mass is 541 g/mol. The zero-order valence-electron chi connectivity index (χ0n) is 23.5. The number of aryl methyl sites for hydroxylation is 3. The maximum absolute atomic E-state index is 13.6. The van der Waals surface area contributed by atoms with E-state index in [2.05, 4.69) is 5.32 Å². The molecule has 0 saturated heterocycles. The third-order valence-electron chi connectivity index (χ3n) is 7.35. The van der Waals surface area contributed by atoms with Crippen LogP contribution in [-0.4, -0.2) is 50.0 Å². The van der Waals surface area contributed by atoms with E-state index in [9.17, 15) is 18.0 Å². The van der Waals surface area contributed by atoms with Crippen LogP contribution in [0.3, 0.4) is 0 Å². The van der Waals surface area contributed by atoms with Gasteiger partial charge in [-0.3, -0.25) is 13.9 Å². The van der Waals surface area contributed by atoms with Crippen molar-refractivity contribution in [3.63, 3.8) is 0 Å². The molecule has 1 aliphatic rings. The molecule has 38 heavy (non-hydrogen) atoms. The molecule has 1 atom stereocenters. The molecule has 2 aromatic carbocycles. The Labute approximate surface area is 228 Å². The molecule has 2 aromatic rings. The van der Waals surface area contributed by atoms with Crippen molar-refractivity contribution in [2.24, 2.45) is 0 Å². The van der Waals surface area contributed by atoms with Crippen LogP contribution in [0.4, 0.5) is 5.69 Å². The third kappa shape index (κ3) is 8.06. The minimum Gasteiger partial charge on any atom is -0.352 e. The number of rotatable bonds is 12. The van der Waals surface area contributed by atoms with E-state index in [1.54, 1.807) is 4.90 Å². The Balaban J connectivity index is 1.77. The molecule has 208 valence electrons. The van der Waals surface area contributed by atoms with Gasteiger partial charge in [-0.15, -0.1) is 0 Å². The predicted octanol–water partition coefficient (Wildman–Crippen LogP) is 5.02. The lowest BCUT2D eigenvalue weighted by atomic mass is 10.1. The van der Waals surface area contributed by atoms with Gasteiger partial charge in [-0.2, -0.15) is 0 Å². The van der Waals surface area contributed by atoms with E-state index in [4.69, 9.17) is 0 Å². The number of nitrogens with one attached hydrogen (secondary N) is 1. The standard InChI is InChI=1S/C30H43N3O4S/c1-6-27(30(35)31-26-10-7-8-11-26)32(21-25-17-14-22(2)15-18-25)29(34)12-9-19-33(38(5,36)37)28-20-23(3)13-16-24(28)4/h13-18,20,26-27H,6-12,19,21H2,1-5H3,(H,31,35)/t27-/m1/s1. The van der Waals surface area contributed by atoms with E-state index in [1.807, 2.05) is 70.2 Å². The molecule has 0 aliphatic heterocycles. The summed E-state index contributed by atoms with van der Waals surface area (Å²) in [6.07, 6.45) is 6.40. The molecule has 1 N–H and O–H groups in total. The normalized spacial score (nSPS) is 14.8. The van der Waals surface area contributed by atoms with Crippen molar-refractivity contribution in [2.45, 2.75) is 91.3 Å². The summed E-state index contributed by atoms with van der Waals surface area (Å²) in [6.45, 7) is 8.29. The lowest BCUT2D eigenvalue weighted by molar-refractivity contribution is -0.141. The van der Waals surface area contributed by atoms with Gasteiger partial charge in [0, 0.05) is 25.6 Å². The van der Waals surface area contributed by atoms with Crippen molar-refractivity contribution in [3.05, 3.63) is 64.7 Å². The van der Waals surface area contributed by atoms with Gasteiger partial charge in [0.25, 0.3) is 0 Å². The van der Waals surface area contributed by atoms with Gasteiger partial charge < -0.3 is 10.2 Å². The van der Waals surface area contributed by atoms with Crippen molar-refractivity contribution in [1.82, 2.24) is 10.2 Å². The van der Waals surface area contributed by atoms with Gasteiger partial charge in [-0.05, 0) is 69.2 Å². The molecule has 7 nitrogen and oxygen atoms in total. The zero-order chi connectivity index (χ0) is 27.9. The molecule has 2 amide bonds. The second-order valence-corrected chi connectivity index (χ2v) is 12.6. The van der Waals surface area contributed by atoms with E-state index < -0.39 is 16.1 Å². The fraction of sp³-hybridized carbons (Fsp3) is 0.533. The molecule has 1 aliphatic carbocycles. The lowest BCUT2D eigenvalue weighted by Crippen LogP contribution is -2.51. The van der Waals surface area contributed by atoms with Crippen molar-refractivity contribution in [3.8, 4) is 0 Å². The molecule has 1 fully saturated rings. The van der Waals surface area contributed by atoms with E-state index in [1.165, 1.54) is 10.6 Å². The van der Waals surface area contributed by atoms with Gasteiger partial charge in [-0.25, -0.2) is 8.42 Å². The maximum Gasteiger partial charge on any atom is 0.243 e. The van der Waals surface area contributed by atoms with Gasteiger partial charge in [0.1, 0.15) is 6.04 Å². The number of carbonyl (C=O) groups excluding carboxylic acids is 2. The predicted molar refractivity (Wildman–Crippen MR) is 154 cm³/mol. The average molecular weight is 542 g/mol. The van der Waals surface area contributed by atoms with Gasteiger partial charge >= 0.3 is 0 Å². The number of hydrogen-bond donors (Lipinski definition) is 1. The quantitative estimate of drug-likeness (QED) is 0.409. The molecular weight excluding hydrogens is 498 g/mol. The summed E-state index contributed by atoms with van der Waals surface area (Å²) in [6, 6.07) is 13.3. The smallest absolute Gasteiger partial charge is 0.243 e. The molecule has 0 bridgehead atoms. The first-order valence-electron chi connectivity index (χ1n) is 13.7. The van der Waals surface area contributed by atoms with Crippen LogP contribution < -0.4 is 9.62 Å². The number of amides is 2. The Morgan fingerprint density at radius 1 is 1.00 bits per heavy atom.